The number of rotatable bonds is 9. The van der Waals surface area contributed by atoms with Gasteiger partial charge < -0.3 is 15.2 Å². The summed E-state index contributed by atoms with van der Waals surface area (Å²) in [7, 11) is 0. The minimum absolute atomic E-state index is 0.153. The first-order valence-electron chi connectivity index (χ1n) is 8.32. The first-order valence-corrected chi connectivity index (χ1v) is 8.32. The quantitative estimate of drug-likeness (QED) is 0.429. The molecule has 1 aromatic carbocycles. The highest BCUT2D eigenvalue weighted by Gasteiger charge is 2.01. The van der Waals surface area contributed by atoms with Gasteiger partial charge >= 0.3 is 5.97 Å². The molecule has 0 fully saturated rings. The molecule has 0 radical (unpaired) electrons. The number of nitrogens with zero attached hydrogens (tertiary/aromatic N) is 3. The number of unbranched alkanes of at least 4 members (excludes halogenated alkanes) is 1. The number of imidazole rings is 1. The summed E-state index contributed by atoms with van der Waals surface area (Å²) in [5, 5.41) is 4.26. The average molecular weight is 344 g/mol. The Labute approximate surface area is 147 Å². The van der Waals surface area contributed by atoms with Crippen LogP contribution in [0.2, 0.25) is 0 Å². The summed E-state index contributed by atoms with van der Waals surface area (Å²) < 4.78 is 12.1. The predicted molar refractivity (Wildman–Crippen MR) is 96.8 cm³/mol. The van der Waals surface area contributed by atoms with Gasteiger partial charge in [0.25, 0.3) is 0 Å². The number of nitrogens with two attached hydrogens (primary N) is 1. The van der Waals surface area contributed by atoms with E-state index in [-0.39, 0.29) is 5.97 Å². The van der Waals surface area contributed by atoms with Crippen LogP contribution >= 0.6 is 0 Å². The molecular weight excluding hydrogens is 320 g/mol. The molecule has 2 rings (SSSR count). The van der Waals surface area contributed by atoms with Crippen molar-refractivity contribution in [2.75, 3.05) is 18.9 Å². The predicted octanol–water partition coefficient (Wildman–Crippen LogP) is 2.77. The molecule has 1 heterocycles. The number of benzene rings is 1. The van der Waals surface area contributed by atoms with Crippen molar-refractivity contribution in [2.45, 2.75) is 33.1 Å². The molecule has 0 bridgehead atoms. The lowest BCUT2D eigenvalue weighted by molar-refractivity contribution is -0.143. The van der Waals surface area contributed by atoms with Gasteiger partial charge in [-0.05, 0) is 56.5 Å². The topological polar surface area (TPSA) is 91.7 Å². The number of hydrogen-bond donors (Lipinski definition) is 1. The van der Waals surface area contributed by atoms with E-state index in [1.165, 1.54) is 4.68 Å². The number of nitrogen functional groups attached to an aromatic ring is 1. The summed E-state index contributed by atoms with van der Waals surface area (Å²) in [4.78, 5) is 15.3. The third kappa shape index (κ3) is 6.29. The lowest BCUT2D eigenvalue weighted by Gasteiger charge is -2.06. The van der Waals surface area contributed by atoms with Gasteiger partial charge in [-0.3, -0.25) is 4.79 Å². The standard InChI is InChI=1S/C18H24N4O3/c1-3-24-17(23)6-4-5-11-25-16-9-7-15(8-10-16)12-20-22-13-14(2)21-18(22)19/h7-10,12-13H,3-6,11H2,1-2H3,(H2,19,21). The molecule has 0 amide bonds. The summed E-state index contributed by atoms with van der Waals surface area (Å²) in [5.74, 6) is 0.989. The zero-order chi connectivity index (χ0) is 18.1. The maximum atomic E-state index is 11.2. The minimum atomic E-state index is -0.153. The highest BCUT2D eigenvalue weighted by molar-refractivity contribution is 5.79. The fourth-order valence-electron chi connectivity index (χ4n) is 2.17. The number of carbonyl (C=O) groups excluding carboxylic acids is 1. The molecule has 0 spiro atoms. The van der Waals surface area contributed by atoms with Gasteiger partial charge in [0.15, 0.2) is 0 Å². The molecule has 0 aliphatic carbocycles. The molecule has 134 valence electrons. The number of esters is 1. The lowest BCUT2D eigenvalue weighted by Crippen LogP contribution is -2.05. The van der Waals surface area contributed by atoms with Crippen LogP contribution in [0, 0.1) is 6.92 Å². The molecule has 2 aromatic rings. The Bertz CT molecular complexity index is 708. The van der Waals surface area contributed by atoms with Crippen molar-refractivity contribution in [3.05, 3.63) is 41.7 Å². The van der Waals surface area contributed by atoms with E-state index in [1.54, 1.807) is 19.3 Å². The van der Waals surface area contributed by atoms with Gasteiger partial charge in [0, 0.05) is 6.42 Å². The maximum absolute atomic E-state index is 11.2. The third-order valence-electron chi connectivity index (χ3n) is 3.40. The van der Waals surface area contributed by atoms with Crippen LogP contribution in [0.25, 0.3) is 0 Å². The van der Waals surface area contributed by atoms with Crippen molar-refractivity contribution in [2.24, 2.45) is 5.10 Å². The van der Waals surface area contributed by atoms with Crippen LogP contribution < -0.4 is 10.5 Å². The van der Waals surface area contributed by atoms with Gasteiger partial charge in [0.2, 0.25) is 5.95 Å². The van der Waals surface area contributed by atoms with E-state index < -0.39 is 0 Å². The van der Waals surface area contributed by atoms with Gasteiger partial charge in [-0.25, -0.2) is 9.66 Å². The molecule has 2 N–H and O–H groups in total. The molecule has 1 aromatic heterocycles. The minimum Gasteiger partial charge on any atom is -0.494 e. The lowest BCUT2D eigenvalue weighted by atomic mass is 10.2. The second-order valence-electron chi connectivity index (χ2n) is 5.51. The Hall–Kier alpha value is -2.83. The van der Waals surface area contributed by atoms with Crippen LogP contribution in [-0.4, -0.2) is 35.1 Å². The number of aryl methyl sites for hydroxylation is 1. The number of aromatic nitrogens is 2. The van der Waals surface area contributed by atoms with Crippen LogP contribution in [0.5, 0.6) is 5.75 Å². The van der Waals surface area contributed by atoms with Crippen molar-refractivity contribution in [3.8, 4) is 5.75 Å². The molecular formula is C18H24N4O3. The third-order valence-corrected chi connectivity index (χ3v) is 3.40. The molecule has 0 saturated carbocycles. The zero-order valence-electron chi connectivity index (χ0n) is 14.6. The van der Waals surface area contributed by atoms with Crippen molar-refractivity contribution < 1.29 is 14.3 Å². The van der Waals surface area contributed by atoms with Gasteiger partial charge in [-0.1, -0.05) is 0 Å². The van der Waals surface area contributed by atoms with Gasteiger partial charge in [0.1, 0.15) is 5.75 Å². The first kappa shape index (κ1) is 18.5. The normalized spacial score (nSPS) is 11.0. The van der Waals surface area contributed by atoms with Gasteiger partial charge in [-0.15, -0.1) is 0 Å². The van der Waals surface area contributed by atoms with Crippen molar-refractivity contribution in [3.63, 3.8) is 0 Å². The molecule has 0 aliphatic heterocycles. The SMILES string of the molecule is CCOC(=O)CCCCOc1ccc(C=Nn2cc(C)nc2N)cc1. The first-order chi connectivity index (χ1) is 12.1. The Kier molecular flexibility index (Phi) is 7.00. The molecule has 7 nitrogen and oxygen atoms in total. The second-order valence-corrected chi connectivity index (χ2v) is 5.51. The van der Waals surface area contributed by atoms with E-state index in [0.717, 1.165) is 29.8 Å². The van der Waals surface area contributed by atoms with Crippen molar-refractivity contribution >= 4 is 18.1 Å². The Balaban J connectivity index is 1.74. The largest absolute Gasteiger partial charge is 0.494 e. The second kappa shape index (κ2) is 9.46. The summed E-state index contributed by atoms with van der Waals surface area (Å²) in [5.41, 5.74) is 7.49. The molecule has 0 aliphatic rings. The number of hydrogen-bond acceptors (Lipinski definition) is 6. The van der Waals surface area contributed by atoms with E-state index >= 15 is 0 Å². The molecule has 0 atom stereocenters. The summed E-state index contributed by atoms with van der Waals surface area (Å²) in [6.45, 7) is 4.66. The van der Waals surface area contributed by atoms with Crippen LogP contribution in [0.4, 0.5) is 5.95 Å². The zero-order valence-corrected chi connectivity index (χ0v) is 14.6. The smallest absolute Gasteiger partial charge is 0.305 e. The van der Waals surface area contributed by atoms with Crippen LogP contribution in [0.3, 0.4) is 0 Å². The van der Waals surface area contributed by atoms with Crippen molar-refractivity contribution in [1.82, 2.24) is 9.66 Å². The molecule has 25 heavy (non-hydrogen) atoms. The van der Waals surface area contributed by atoms with Crippen molar-refractivity contribution in [1.29, 1.82) is 0 Å². The molecule has 7 heteroatoms. The number of carbonyl (C=O) groups is 1. The molecule has 0 saturated heterocycles. The monoisotopic (exact) mass is 344 g/mol. The summed E-state index contributed by atoms with van der Waals surface area (Å²) in [6, 6.07) is 7.60. The van der Waals surface area contributed by atoms with E-state index in [9.17, 15) is 4.79 Å². The van der Waals surface area contributed by atoms with Gasteiger partial charge in [-0.2, -0.15) is 5.10 Å². The summed E-state index contributed by atoms with van der Waals surface area (Å²) >= 11 is 0. The van der Waals surface area contributed by atoms with E-state index in [0.29, 0.717) is 25.6 Å². The van der Waals surface area contributed by atoms with E-state index in [1.807, 2.05) is 31.2 Å². The fraction of sp³-hybridized carbons (Fsp3) is 0.389. The number of ether oxygens (including phenoxy) is 2. The Morgan fingerprint density at radius 2 is 2.08 bits per heavy atom. The Morgan fingerprint density at radius 3 is 2.72 bits per heavy atom. The van der Waals surface area contributed by atoms with Gasteiger partial charge in [0.05, 0.1) is 31.3 Å². The molecule has 0 unspecified atom stereocenters. The van der Waals surface area contributed by atoms with Crippen LogP contribution in [0.15, 0.2) is 35.6 Å². The summed E-state index contributed by atoms with van der Waals surface area (Å²) in [6.07, 6.45) is 5.47. The maximum Gasteiger partial charge on any atom is 0.305 e. The van der Waals surface area contributed by atoms with E-state index in [4.69, 9.17) is 15.2 Å². The van der Waals surface area contributed by atoms with E-state index in [2.05, 4.69) is 10.1 Å². The van der Waals surface area contributed by atoms with Crippen LogP contribution in [0.1, 0.15) is 37.4 Å². The number of anilines is 1. The highest BCUT2D eigenvalue weighted by atomic mass is 16.5. The Morgan fingerprint density at radius 1 is 1.32 bits per heavy atom. The fourth-order valence-corrected chi connectivity index (χ4v) is 2.17. The average Bonchev–Trinajstić information content (AvgIpc) is 2.91. The van der Waals surface area contributed by atoms with Crippen LogP contribution in [-0.2, 0) is 9.53 Å². The highest BCUT2D eigenvalue weighted by Crippen LogP contribution is 2.12.